The first-order valence-corrected chi connectivity index (χ1v) is 8.75. The average molecular weight is 324 g/mol. The van der Waals surface area contributed by atoms with E-state index in [1.54, 1.807) is 4.90 Å². The maximum absolute atomic E-state index is 12.3. The lowest BCUT2D eigenvalue weighted by Gasteiger charge is -2.21. The molecular formula is C21H28N2O. The van der Waals surface area contributed by atoms with E-state index in [-0.39, 0.29) is 5.91 Å². The lowest BCUT2D eigenvalue weighted by atomic mass is 10.1. The first-order chi connectivity index (χ1) is 11.7. The molecule has 0 aliphatic heterocycles. The van der Waals surface area contributed by atoms with Gasteiger partial charge in [0.2, 0.25) is 5.91 Å². The summed E-state index contributed by atoms with van der Waals surface area (Å²) in [7, 11) is 1.85. The van der Waals surface area contributed by atoms with Crippen LogP contribution in [0.1, 0.15) is 30.4 Å². The molecule has 3 heteroatoms. The van der Waals surface area contributed by atoms with E-state index in [0.717, 1.165) is 37.8 Å². The van der Waals surface area contributed by atoms with Gasteiger partial charge in [-0.1, -0.05) is 67.1 Å². The molecule has 0 heterocycles. The summed E-state index contributed by atoms with van der Waals surface area (Å²) in [4.78, 5) is 14.1. The van der Waals surface area contributed by atoms with Crippen LogP contribution < -0.4 is 5.73 Å². The number of nitrogens with two attached hydrogens (primary N) is 1. The number of aryl methyl sites for hydroxylation is 1. The monoisotopic (exact) mass is 324 g/mol. The maximum Gasteiger partial charge on any atom is 0.239 e. The highest BCUT2D eigenvalue weighted by Gasteiger charge is 2.17. The van der Waals surface area contributed by atoms with E-state index in [9.17, 15) is 4.79 Å². The number of carbonyl (C=O) groups is 1. The molecule has 0 fully saturated rings. The molecule has 0 spiro atoms. The Bertz CT molecular complexity index is 598. The Morgan fingerprint density at radius 3 is 2.12 bits per heavy atom. The Hall–Kier alpha value is -2.13. The molecule has 2 N–H and O–H groups in total. The van der Waals surface area contributed by atoms with Crippen molar-refractivity contribution in [1.82, 2.24) is 4.90 Å². The predicted octanol–water partition coefficient (Wildman–Crippen LogP) is 3.43. The molecule has 0 aliphatic rings. The first-order valence-electron chi connectivity index (χ1n) is 8.75. The second-order valence-corrected chi connectivity index (χ2v) is 6.35. The molecule has 0 saturated heterocycles. The van der Waals surface area contributed by atoms with Gasteiger partial charge in [-0.15, -0.1) is 0 Å². The lowest BCUT2D eigenvalue weighted by Crippen LogP contribution is -2.43. The van der Waals surface area contributed by atoms with Crippen LogP contribution in [0.4, 0.5) is 0 Å². The molecule has 2 aromatic rings. The molecular weight excluding hydrogens is 296 g/mol. The zero-order valence-corrected chi connectivity index (χ0v) is 14.5. The molecule has 128 valence electrons. The van der Waals surface area contributed by atoms with Gasteiger partial charge in [-0.25, -0.2) is 0 Å². The third kappa shape index (κ3) is 6.17. The summed E-state index contributed by atoms with van der Waals surface area (Å²) in [5.74, 6) is 0.0295. The fourth-order valence-corrected chi connectivity index (χ4v) is 2.85. The van der Waals surface area contributed by atoms with Gasteiger partial charge in [0.15, 0.2) is 0 Å². The van der Waals surface area contributed by atoms with Crippen molar-refractivity contribution in [3.8, 4) is 0 Å². The maximum atomic E-state index is 12.3. The lowest BCUT2D eigenvalue weighted by molar-refractivity contribution is -0.131. The van der Waals surface area contributed by atoms with Crippen LogP contribution in [0.15, 0.2) is 60.7 Å². The number of carbonyl (C=O) groups excluding carboxylic acids is 1. The zero-order valence-electron chi connectivity index (χ0n) is 14.5. The number of rotatable bonds is 9. The summed E-state index contributed by atoms with van der Waals surface area (Å²) in [6.07, 6.45) is 5.00. The van der Waals surface area contributed by atoms with Gasteiger partial charge in [0.1, 0.15) is 0 Å². The van der Waals surface area contributed by atoms with Gasteiger partial charge < -0.3 is 10.6 Å². The van der Waals surface area contributed by atoms with Gasteiger partial charge in [0.05, 0.1) is 6.04 Å². The molecule has 1 amide bonds. The van der Waals surface area contributed by atoms with E-state index < -0.39 is 6.04 Å². The topological polar surface area (TPSA) is 46.3 Å². The third-order valence-electron chi connectivity index (χ3n) is 4.29. The van der Waals surface area contributed by atoms with Crippen molar-refractivity contribution in [1.29, 1.82) is 0 Å². The minimum Gasteiger partial charge on any atom is -0.344 e. The Kier molecular flexibility index (Phi) is 7.50. The third-order valence-corrected chi connectivity index (χ3v) is 4.29. The average Bonchev–Trinajstić information content (AvgIpc) is 2.62. The van der Waals surface area contributed by atoms with Crippen molar-refractivity contribution in [3.05, 3.63) is 71.8 Å². The summed E-state index contributed by atoms with van der Waals surface area (Å²) in [5, 5.41) is 0. The second-order valence-electron chi connectivity index (χ2n) is 6.35. The van der Waals surface area contributed by atoms with Crippen LogP contribution in [-0.4, -0.2) is 30.4 Å². The fourth-order valence-electron chi connectivity index (χ4n) is 2.85. The normalized spacial score (nSPS) is 11.9. The predicted molar refractivity (Wildman–Crippen MR) is 99.8 cm³/mol. The van der Waals surface area contributed by atoms with E-state index in [1.807, 2.05) is 43.4 Å². The molecule has 0 aliphatic carbocycles. The highest BCUT2D eigenvalue weighted by molar-refractivity contribution is 5.81. The number of hydrogen-bond donors (Lipinski definition) is 1. The molecule has 3 nitrogen and oxygen atoms in total. The van der Waals surface area contributed by atoms with Crippen molar-refractivity contribution < 1.29 is 4.79 Å². The minimum absolute atomic E-state index is 0.0295. The minimum atomic E-state index is -0.457. The number of unbranched alkanes of at least 4 members (excludes halogenated alkanes) is 2. The molecule has 1 atom stereocenters. The van der Waals surface area contributed by atoms with Gasteiger partial charge in [-0.3, -0.25) is 4.79 Å². The second kappa shape index (κ2) is 9.89. The van der Waals surface area contributed by atoms with Gasteiger partial charge >= 0.3 is 0 Å². The molecule has 0 radical (unpaired) electrons. The summed E-state index contributed by atoms with van der Waals surface area (Å²) >= 11 is 0. The summed E-state index contributed by atoms with van der Waals surface area (Å²) < 4.78 is 0. The molecule has 0 aromatic heterocycles. The Morgan fingerprint density at radius 1 is 0.917 bits per heavy atom. The van der Waals surface area contributed by atoms with Gasteiger partial charge in [-0.05, 0) is 36.8 Å². The van der Waals surface area contributed by atoms with Crippen LogP contribution in [0.3, 0.4) is 0 Å². The van der Waals surface area contributed by atoms with Crippen molar-refractivity contribution in [2.75, 3.05) is 13.6 Å². The number of likely N-dealkylation sites (N-methyl/N-ethyl adjacent to an activating group) is 1. The van der Waals surface area contributed by atoms with Crippen molar-refractivity contribution in [2.45, 2.75) is 38.1 Å². The van der Waals surface area contributed by atoms with Crippen LogP contribution in [-0.2, 0) is 17.6 Å². The van der Waals surface area contributed by atoms with Crippen LogP contribution in [0.25, 0.3) is 0 Å². The summed E-state index contributed by atoms with van der Waals surface area (Å²) in [6, 6.07) is 20.0. The van der Waals surface area contributed by atoms with E-state index in [2.05, 4.69) is 24.3 Å². The SMILES string of the molecule is CN(CCCCCc1ccccc1)C(=O)[C@@H](N)Cc1ccccc1. The number of nitrogens with zero attached hydrogens (tertiary/aromatic N) is 1. The molecule has 24 heavy (non-hydrogen) atoms. The molecule has 0 bridgehead atoms. The van der Waals surface area contributed by atoms with E-state index in [0.29, 0.717) is 6.42 Å². The van der Waals surface area contributed by atoms with Gasteiger partial charge in [-0.2, -0.15) is 0 Å². The largest absolute Gasteiger partial charge is 0.344 e. The summed E-state index contributed by atoms with van der Waals surface area (Å²) in [6.45, 7) is 0.774. The molecule has 0 saturated carbocycles. The first kappa shape index (κ1) is 18.2. The van der Waals surface area contributed by atoms with Crippen LogP contribution >= 0.6 is 0 Å². The van der Waals surface area contributed by atoms with Gasteiger partial charge in [0, 0.05) is 13.6 Å². The van der Waals surface area contributed by atoms with E-state index in [1.165, 1.54) is 5.56 Å². The molecule has 0 unspecified atom stereocenters. The Labute approximate surface area is 145 Å². The number of amides is 1. The highest BCUT2D eigenvalue weighted by Crippen LogP contribution is 2.08. The molecule has 2 aromatic carbocycles. The quantitative estimate of drug-likeness (QED) is 0.718. The van der Waals surface area contributed by atoms with E-state index >= 15 is 0 Å². The Morgan fingerprint density at radius 2 is 1.50 bits per heavy atom. The van der Waals surface area contributed by atoms with E-state index in [4.69, 9.17) is 5.73 Å². The van der Waals surface area contributed by atoms with Crippen molar-refractivity contribution in [3.63, 3.8) is 0 Å². The van der Waals surface area contributed by atoms with Crippen LogP contribution in [0, 0.1) is 0 Å². The standard InChI is InChI=1S/C21H28N2O/c1-23(16-10-4-9-13-18-11-5-2-6-12-18)21(24)20(22)17-19-14-7-3-8-15-19/h2-3,5-8,11-12,14-15,20H,4,9-10,13,16-17,22H2,1H3/t20-/m0/s1. The van der Waals surface area contributed by atoms with Crippen molar-refractivity contribution in [2.24, 2.45) is 5.73 Å². The van der Waals surface area contributed by atoms with Gasteiger partial charge in [0.25, 0.3) is 0 Å². The summed E-state index contributed by atoms with van der Waals surface area (Å²) in [5.41, 5.74) is 8.55. The fraction of sp³-hybridized carbons (Fsp3) is 0.381. The highest BCUT2D eigenvalue weighted by atomic mass is 16.2. The number of hydrogen-bond acceptors (Lipinski definition) is 2. The molecule has 2 rings (SSSR count). The van der Waals surface area contributed by atoms with Crippen molar-refractivity contribution >= 4 is 5.91 Å². The Balaban J connectivity index is 1.64. The smallest absolute Gasteiger partial charge is 0.239 e. The zero-order chi connectivity index (χ0) is 17.2. The van der Waals surface area contributed by atoms with Crippen LogP contribution in [0.2, 0.25) is 0 Å². The number of benzene rings is 2. The van der Waals surface area contributed by atoms with Crippen LogP contribution in [0.5, 0.6) is 0 Å².